The summed E-state index contributed by atoms with van der Waals surface area (Å²) < 4.78 is 0. The van der Waals surface area contributed by atoms with Crippen molar-refractivity contribution < 1.29 is 5.11 Å². The van der Waals surface area contributed by atoms with E-state index in [1.165, 1.54) is 0 Å². The van der Waals surface area contributed by atoms with Gasteiger partial charge in [0.2, 0.25) is 0 Å². The van der Waals surface area contributed by atoms with Crippen molar-refractivity contribution in [1.29, 1.82) is 0 Å². The monoisotopic (exact) mass is 211 g/mol. The van der Waals surface area contributed by atoms with Crippen molar-refractivity contribution in [3.05, 3.63) is 65.5 Å². The van der Waals surface area contributed by atoms with Gasteiger partial charge in [0.1, 0.15) is 0 Å². The summed E-state index contributed by atoms with van der Waals surface area (Å²) in [4.78, 5) is 4.06. The third-order valence-corrected chi connectivity index (χ3v) is 2.27. The van der Waals surface area contributed by atoms with Crippen LogP contribution in [0.5, 0.6) is 0 Å². The van der Waals surface area contributed by atoms with Crippen LogP contribution in [0.1, 0.15) is 16.7 Å². The number of hydrogen-bond donors (Lipinski definition) is 1. The molecule has 0 unspecified atom stereocenters. The largest absolute Gasteiger partial charge is 0.392 e. The number of nitrogens with zero attached hydrogens (tertiary/aromatic N) is 1. The molecular formula is C14H13NO. The van der Waals surface area contributed by atoms with Crippen LogP contribution in [0.4, 0.5) is 0 Å². The van der Waals surface area contributed by atoms with Gasteiger partial charge < -0.3 is 5.11 Å². The fraction of sp³-hybridized carbons (Fsp3) is 0.0714. The Bertz CT molecular complexity index is 477. The molecule has 1 aromatic carbocycles. The van der Waals surface area contributed by atoms with Gasteiger partial charge in [0.15, 0.2) is 0 Å². The third-order valence-electron chi connectivity index (χ3n) is 2.27. The van der Waals surface area contributed by atoms with E-state index in [1.807, 2.05) is 48.6 Å². The second kappa shape index (κ2) is 5.24. The van der Waals surface area contributed by atoms with E-state index >= 15 is 0 Å². The zero-order chi connectivity index (χ0) is 11.2. The van der Waals surface area contributed by atoms with E-state index in [9.17, 15) is 0 Å². The second-order valence-electron chi connectivity index (χ2n) is 3.53. The summed E-state index contributed by atoms with van der Waals surface area (Å²) >= 11 is 0. The molecule has 0 fully saturated rings. The lowest BCUT2D eigenvalue weighted by Gasteiger charge is -1.97. The molecule has 0 amide bonds. The molecular weight excluding hydrogens is 198 g/mol. The average Bonchev–Trinajstić information content (AvgIpc) is 2.38. The molecule has 0 aliphatic carbocycles. The highest BCUT2D eigenvalue weighted by Crippen LogP contribution is 2.08. The average molecular weight is 211 g/mol. The van der Waals surface area contributed by atoms with Gasteiger partial charge in [-0.3, -0.25) is 4.98 Å². The van der Waals surface area contributed by atoms with Crippen LogP contribution < -0.4 is 0 Å². The highest BCUT2D eigenvalue weighted by Gasteiger charge is 1.92. The van der Waals surface area contributed by atoms with Crippen LogP contribution in [0.25, 0.3) is 12.2 Å². The Kier molecular flexibility index (Phi) is 3.46. The molecule has 0 radical (unpaired) electrons. The van der Waals surface area contributed by atoms with Gasteiger partial charge in [-0.05, 0) is 22.8 Å². The van der Waals surface area contributed by atoms with Crippen LogP contribution in [0, 0.1) is 0 Å². The van der Waals surface area contributed by atoms with E-state index < -0.39 is 0 Å². The van der Waals surface area contributed by atoms with Gasteiger partial charge in [-0.2, -0.15) is 0 Å². The van der Waals surface area contributed by atoms with Gasteiger partial charge in [0, 0.05) is 12.4 Å². The van der Waals surface area contributed by atoms with Crippen molar-refractivity contribution in [1.82, 2.24) is 4.98 Å². The molecule has 0 aliphatic heterocycles. The van der Waals surface area contributed by atoms with E-state index in [1.54, 1.807) is 12.4 Å². The zero-order valence-electron chi connectivity index (χ0n) is 8.88. The lowest BCUT2D eigenvalue weighted by Crippen LogP contribution is -1.85. The van der Waals surface area contributed by atoms with Crippen molar-refractivity contribution in [3.8, 4) is 0 Å². The number of pyridine rings is 1. The summed E-state index contributed by atoms with van der Waals surface area (Å²) in [5.41, 5.74) is 2.97. The number of hydrogen-bond acceptors (Lipinski definition) is 2. The maximum absolute atomic E-state index is 8.98. The first-order valence-corrected chi connectivity index (χ1v) is 5.16. The maximum atomic E-state index is 8.98. The minimum atomic E-state index is 0.0278. The smallest absolute Gasteiger partial charge is 0.0697 e. The minimum absolute atomic E-state index is 0.0278. The van der Waals surface area contributed by atoms with Crippen molar-refractivity contribution in [2.45, 2.75) is 6.61 Å². The number of benzene rings is 1. The van der Waals surface area contributed by atoms with E-state index in [0.29, 0.717) is 0 Å². The topological polar surface area (TPSA) is 33.1 Å². The Morgan fingerprint density at radius 1 is 1.00 bits per heavy atom. The fourth-order valence-electron chi connectivity index (χ4n) is 1.44. The zero-order valence-corrected chi connectivity index (χ0v) is 8.88. The first-order valence-electron chi connectivity index (χ1n) is 5.16. The van der Waals surface area contributed by atoms with Gasteiger partial charge in [-0.25, -0.2) is 0 Å². The number of rotatable bonds is 3. The van der Waals surface area contributed by atoms with Crippen LogP contribution in [0.3, 0.4) is 0 Å². The van der Waals surface area contributed by atoms with Crippen molar-refractivity contribution >= 4 is 12.2 Å². The van der Waals surface area contributed by atoms with Gasteiger partial charge in [0.05, 0.1) is 6.61 Å². The fourth-order valence-corrected chi connectivity index (χ4v) is 1.44. The highest BCUT2D eigenvalue weighted by atomic mass is 16.3. The molecule has 2 nitrogen and oxygen atoms in total. The molecule has 2 aromatic rings. The Morgan fingerprint density at radius 2 is 1.75 bits per heavy atom. The summed E-state index contributed by atoms with van der Waals surface area (Å²) in [5, 5.41) is 8.98. The number of aromatic nitrogens is 1. The molecule has 80 valence electrons. The first-order chi connectivity index (χ1) is 7.88. The Hall–Kier alpha value is -1.93. The number of aliphatic hydroxyl groups excluding tert-OH is 1. The van der Waals surface area contributed by atoms with E-state index in [0.717, 1.165) is 16.7 Å². The van der Waals surface area contributed by atoms with Gasteiger partial charge in [-0.15, -0.1) is 0 Å². The molecule has 1 N–H and O–H groups in total. The molecule has 1 aromatic heterocycles. The molecule has 2 rings (SSSR count). The summed E-state index contributed by atoms with van der Waals surface area (Å²) in [7, 11) is 0. The summed E-state index contributed by atoms with van der Waals surface area (Å²) in [6.45, 7) is 0.0278. The standard InChI is InChI=1S/C14H13NO/c16-11-14-8-13(9-15-10-14)7-6-12-4-2-1-3-5-12/h1-10,16H,11H2/b7-6-. The normalized spacial score (nSPS) is 10.8. The van der Waals surface area contributed by atoms with Gasteiger partial charge >= 0.3 is 0 Å². The van der Waals surface area contributed by atoms with Crippen molar-refractivity contribution in [2.75, 3.05) is 0 Å². The molecule has 2 heteroatoms. The van der Waals surface area contributed by atoms with E-state index in [2.05, 4.69) is 4.98 Å². The lowest BCUT2D eigenvalue weighted by atomic mass is 10.1. The van der Waals surface area contributed by atoms with Crippen molar-refractivity contribution in [2.24, 2.45) is 0 Å². The number of aliphatic hydroxyl groups is 1. The Labute approximate surface area is 94.9 Å². The predicted octanol–water partition coefficient (Wildman–Crippen LogP) is 2.74. The quantitative estimate of drug-likeness (QED) is 0.846. The molecule has 0 spiro atoms. The Balaban J connectivity index is 2.17. The SMILES string of the molecule is OCc1cncc(/C=C\c2ccccc2)c1. The molecule has 0 atom stereocenters. The Morgan fingerprint density at radius 3 is 2.50 bits per heavy atom. The summed E-state index contributed by atoms with van der Waals surface area (Å²) in [6, 6.07) is 12.0. The minimum Gasteiger partial charge on any atom is -0.392 e. The first kappa shape index (κ1) is 10.6. The molecule has 0 aliphatic rings. The van der Waals surface area contributed by atoms with E-state index in [-0.39, 0.29) is 6.61 Å². The molecule has 0 saturated carbocycles. The molecule has 0 saturated heterocycles. The van der Waals surface area contributed by atoms with Gasteiger partial charge in [0.25, 0.3) is 0 Å². The molecule has 1 heterocycles. The van der Waals surface area contributed by atoms with Gasteiger partial charge in [-0.1, -0.05) is 42.5 Å². The second-order valence-corrected chi connectivity index (χ2v) is 3.53. The summed E-state index contributed by atoms with van der Waals surface area (Å²) in [6.07, 6.45) is 7.46. The molecule has 0 bridgehead atoms. The van der Waals surface area contributed by atoms with Crippen LogP contribution in [-0.2, 0) is 6.61 Å². The van der Waals surface area contributed by atoms with Crippen LogP contribution in [0.15, 0.2) is 48.8 Å². The predicted molar refractivity (Wildman–Crippen MR) is 65.5 cm³/mol. The van der Waals surface area contributed by atoms with E-state index in [4.69, 9.17) is 5.11 Å². The van der Waals surface area contributed by atoms with Crippen LogP contribution >= 0.6 is 0 Å². The highest BCUT2D eigenvalue weighted by molar-refractivity contribution is 5.69. The third kappa shape index (κ3) is 2.78. The van der Waals surface area contributed by atoms with Crippen LogP contribution in [0.2, 0.25) is 0 Å². The lowest BCUT2D eigenvalue weighted by molar-refractivity contribution is 0.281. The van der Waals surface area contributed by atoms with Crippen LogP contribution in [-0.4, -0.2) is 10.1 Å². The summed E-state index contributed by atoms with van der Waals surface area (Å²) in [5.74, 6) is 0. The maximum Gasteiger partial charge on any atom is 0.0697 e. The van der Waals surface area contributed by atoms with Crippen molar-refractivity contribution in [3.63, 3.8) is 0 Å². The molecule has 16 heavy (non-hydrogen) atoms.